The summed E-state index contributed by atoms with van der Waals surface area (Å²) in [4.78, 5) is 0. The van der Waals surface area contributed by atoms with E-state index in [0.717, 1.165) is 54.8 Å². The van der Waals surface area contributed by atoms with Crippen LogP contribution in [-0.2, 0) is 9.09 Å². The van der Waals surface area contributed by atoms with Gasteiger partial charge in [0.05, 0.1) is 6.10 Å². The van der Waals surface area contributed by atoms with E-state index >= 15 is 0 Å². The maximum absolute atomic E-state index is 11.8. The van der Waals surface area contributed by atoms with Gasteiger partial charge in [-0.1, -0.05) is 65.5 Å². The molecule has 0 amide bonds. The molecule has 5 heteroatoms. The third-order valence-electron chi connectivity index (χ3n) is 10.5. The first-order valence-electron chi connectivity index (χ1n) is 13.3. The normalized spacial score (nSPS) is 42.8. The van der Waals surface area contributed by atoms with Crippen molar-refractivity contribution in [3.63, 3.8) is 0 Å². The molecule has 0 radical (unpaired) electrons. The molecule has 8 atom stereocenters. The fourth-order valence-corrected chi connectivity index (χ4v) is 10.1. The zero-order valence-electron chi connectivity index (χ0n) is 20.9. The summed E-state index contributed by atoms with van der Waals surface area (Å²) in [5, 5.41) is 0. The van der Waals surface area contributed by atoms with Crippen LogP contribution in [0.1, 0.15) is 105 Å². The highest BCUT2D eigenvalue weighted by molar-refractivity contribution is 8.05. The quantitative estimate of drug-likeness (QED) is 0.255. The van der Waals surface area contributed by atoms with Crippen LogP contribution >= 0.6 is 28.6 Å². The van der Waals surface area contributed by atoms with E-state index in [4.69, 9.17) is 27.0 Å². The van der Waals surface area contributed by atoms with Crippen LogP contribution in [0.2, 0.25) is 0 Å². The molecule has 4 rings (SSSR count). The van der Waals surface area contributed by atoms with Crippen LogP contribution in [0, 0.1) is 46.3 Å². The second-order valence-electron chi connectivity index (χ2n) is 12.7. The molecule has 3 fully saturated rings. The molecule has 4 aliphatic carbocycles. The summed E-state index contributed by atoms with van der Waals surface area (Å²) in [5.41, 5.74) is 2.33. The van der Waals surface area contributed by atoms with Gasteiger partial charge in [-0.05, 0) is 120 Å². The average molecular weight is 504 g/mol. The second-order valence-corrected chi connectivity index (χ2v) is 16.9. The Bertz CT molecular complexity index is 761. The van der Waals surface area contributed by atoms with Crippen molar-refractivity contribution >= 4 is 28.6 Å². The van der Waals surface area contributed by atoms with Crippen molar-refractivity contribution in [3.8, 4) is 0 Å². The number of allylic oxidation sites excluding steroid dienone is 1. The van der Waals surface area contributed by atoms with Crippen molar-refractivity contribution in [1.82, 2.24) is 0 Å². The Labute approximate surface area is 206 Å². The summed E-state index contributed by atoms with van der Waals surface area (Å²) >= 11 is 11.5. The molecule has 0 aromatic rings. The molecule has 0 aromatic carbocycles. The lowest BCUT2D eigenvalue weighted by molar-refractivity contribution is -0.0556. The highest BCUT2D eigenvalue weighted by Gasteiger charge is 2.59. The standard InChI is InChI=1S/C27H45Cl2O2P/c1-18(2)7-6-8-19(3)23-11-12-24-22-10-9-20-17-21(31-32(28,29)30)13-15-26(20,4)25(22)14-16-27(23,24)5/h9,18-19,21-25H,6-8,10-17H2,1-5H3/t19-,21+,22+,23-,24+,25+,26+,27-/m1/s1. The fraction of sp³-hybridized carbons (Fsp3) is 0.926. The molecular formula is C27H45Cl2O2P. The van der Waals surface area contributed by atoms with Gasteiger partial charge in [0.25, 0.3) is 0 Å². The number of hydrogen-bond donors (Lipinski definition) is 0. The Morgan fingerprint density at radius 2 is 1.81 bits per heavy atom. The second kappa shape index (κ2) is 9.52. The predicted molar refractivity (Wildman–Crippen MR) is 137 cm³/mol. The van der Waals surface area contributed by atoms with E-state index in [9.17, 15) is 4.57 Å². The first-order valence-corrected chi connectivity index (χ1v) is 16.7. The molecule has 0 unspecified atom stereocenters. The highest BCUT2D eigenvalue weighted by atomic mass is 35.9. The molecule has 0 spiro atoms. The molecule has 0 bridgehead atoms. The minimum absolute atomic E-state index is 0.0943. The first-order chi connectivity index (χ1) is 14.9. The van der Waals surface area contributed by atoms with Crippen LogP contribution < -0.4 is 0 Å². The number of rotatable bonds is 7. The zero-order chi connectivity index (χ0) is 23.3. The Kier molecular flexibility index (Phi) is 7.61. The Morgan fingerprint density at radius 1 is 1.06 bits per heavy atom. The topological polar surface area (TPSA) is 26.3 Å². The van der Waals surface area contributed by atoms with Gasteiger partial charge in [-0.2, -0.15) is 0 Å². The number of hydrogen-bond acceptors (Lipinski definition) is 2. The molecule has 0 N–H and O–H groups in total. The average Bonchev–Trinajstić information content (AvgIpc) is 3.04. The van der Waals surface area contributed by atoms with E-state index in [1.165, 1.54) is 56.9 Å². The molecule has 0 heterocycles. The molecule has 3 saturated carbocycles. The molecule has 0 saturated heterocycles. The Balaban J connectivity index is 1.46. The Morgan fingerprint density at radius 3 is 2.50 bits per heavy atom. The lowest BCUT2D eigenvalue weighted by Gasteiger charge is -2.58. The monoisotopic (exact) mass is 502 g/mol. The maximum atomic E-state index is 11.8. The summed E-state index contributed by atoms with van der Waals surface area (Å²) in [7, 11) is 0. The number of fused-ring (bicyclic) bond motifs is 5. The van der Waals surface area contributed by atoms with E-state index in [0.29, 0.717) is 5.41 Å². The van der Waals surface area contributed by atoms with Crippen LogP contribution in [0.5, 0.6) is 0 Å². The van der Waals surface area contributed by atoms with Crippen molar-refractivity contribution in [2.45, 2.75) is 111 Å². The van der Waals surface area contributed by atoms with Crippen LogP contribution in [0.15, 0.2) is 11.6 Å². The van der Waals surface area contributed by atoms with Crippen LogP contribution in [0.3, 0.4) is 0 Å². The van der Waals surface area contributed by atoms with Gasteiger partial charge in [0.15, 0.2) is 0 Å². The van der Waals surface area contributed by atoms with Crippen LogP contribution in [-0.4, -0.2) is 6.10 Å². The fourth-order valence-electron chi connectivity index (χ4n) is 8.92. The summed E-state index contributed by atoms with van der Waals surface area (Å²) in [6, 6.07) is 0. The van der Waals surface area contributed by atoms with Crippen molar-refractivity contribution in [3.05, 3.63) is 11.6 Å². The molecule has 2 nitrogen and oxygen atoms in total. The van der Waals surface area contributed by atoms with E-state index < -0.39 is 6.07 Å². The first kappa shape index (κ1) is 25.6. The van der Waals surface area contributed by atoms with Crippen molar-refractivity contribution in [2.24, 2.45) is 46.3 Å². The lowest BCUT2D eigenvalue weighted by Crippen LogP contribution is -2.50. The van der Waals surface area contributed by atoms with Gasteiger partial charge in [-0.3, -0.25) is 4.57 Å². The summed E-state index contributed by atoms with van der Waals surface area (Å²) in [6.45, 7) is 12.4. The smallest absolute Gasteiger partial charge is 0.303 e. The predicted octanol–water partition coefficient (Wildman–Crippen LogP) is 10.00. The minimum Gasteiger partial charge on any atom is -0.303 e. The molecule has 0 aliphatic heterocycles. The van der Waals surface area contributed by atoms with Crippen molar-refractivity contribution in [2.75, 3.05) is 0 Å². The zero-order valence-corrected chi connectivity index (χ0v) is 23.3. The maximum Gasteiger partial charge on any atom is 0.380 e. The SMILES string of the molecule is CC(C)CCC[C@@H](C)[C@H]1CC[C@H]2[C@@H]3CC=C4C[C@@H](OP(=O)(Cl)Cl)CC[C@]4(C)[C@H]3CC[C@]12C. The van der Waals surface area contributed by atoms with Gasteiger partial charge in [0.1, 0.15) is 0 Å². The molecule has 184 valence electrons. The van der Waals surface area contributed by atoms with Gasteiger partial charge < -0.3 is 4.52 Å². The lowest BCUT2D eigenvalue weighted by atomic mass is 9.47. The molecule has 0 aromatic heterocycles. The van der Waals surface area contributed by atoms with Gasteiger partial charge in [-0.25, -0.2) is 0 Å². The molecular weight excluding hydrogens is 458 g/mol. The van der Waals surface area contributed by atoms with E-state index in [1.807, 2.05) is 0 Å². The van der Waals surface area contributed by atoms with E-state index in [2.05, 4.69) is 40.7 Å². The van der Waals surface area contributed by atoms with E-state index in [1.54, 1.807) is 0 Å². The Hall–Kier alpha value is 0.510. The summed E-state index contributed by atoms with van der Waals surface area (Å²) in [6.07, 6.45) is 12.9. The van der Waals surface area contributed by atoms with Gasteiger partial charge in [-0.15, -0.1) is 0 Å². The van der Waals surface area contributed by atoms with E-state index in [-0.39, 0.29) is 11.5 Å². The minimum atomic E-state index is -3.47. The van der Waals surface area contributed by atoms with Crippen molar-refractivity contribution < 1.29 is 9.09 Å². The summed E-state index contributed by atoms with van der Waals surface area (Å²) < 4.78 is 17.3. The van der Waals surface area contributed by atoms with Crippen molar-refractivity contribution in [1.29, 1.82) is 0 Å². The summed E-state index contributed by atoms with van der Waals surface area (Å²) in [5.74, 6) is 5.10. The number of halogens is 2. The van der Waals surface area contributed by atoms with Crippen LogP contribution in [0.4, 0.5) is 0 Å². The van der Waals surface area contributed by atoms with Gasteiger partial charge >= 0.3 is 6.07 Å². The third kappa shape index (κ3) is 4.92. The van der Waals surface area contributed by atoms with Crippen LogP contribution in [0.25, 0.3) is 0 Å². The molecule has 4 aliphatic rings. The highest BCUT2D eigenvalue weighted by Crippen LogP contribution is 2.68. The third-order valence-corrected chi connectivity index (χ3v) is 11.6. The van der Waals surface area contributed by atoms with Gasteiger partial charge in [0, 0.05) is 0 Å². The molecule has 32 heavy (non-hydrogen) atoms. The van der Waals surface area contributed by atoms with Gasteiger partial charge in [0.2, 0.25) is 0 Å². The largest absolute Gasteiger partial charge is 0.380 e.